The Labute approximate surface area is 149 Å². The highest BCUT2D eigenvalue weighted by atomic mass is 32.3. The van der Waals surface area contributed by atoms with Crippen molar-refractivity contribution in [1.29, 1.82) is 0 Å². The van der Waals surface area contributed by atoms with Crippen molar-refractivity contribution in [2.75, 3.05) is 26.2 Å². The second-order valence-corrected chi connectivity index (χ2v) is 9.11. The lowest BCUT2D eigenvalue weighted by atomic mass is 9.79. The average Bonchev–Trinajstić information content (AvgIpc) is 2.32. The first-order chi connectivity index (χ1) is 11.1. The van der Waals surface area contributed by atoms with Crippen LogP contribution < -0.4 is 5.32 Å². The number of nitrogens with one attached hydrogen (secondary N) is 1. The maximum Gasteiger partial charge on any atom is 0.410 e. The minimum Gasteiger partial charge on any atom is -0.444 e. The molecule has 0 aromatic heterocycles. The highest BCUT2D eigenvalue weighted by Crippen LogP contribution is 2.35. The standard InChI is InChI=1S/C15H30N2O7S/c1-13(2,3)24-12(18)17-8-6-15(19,10-14(17,4)5)11-16-7-9-23-25(20,21)22/h16,19H,6-11H2,1-5H3,(H,20,21,22). The summed E-state index contributed by atoms with van der Waals surface area (Å²) in [5.74, 6) is 0. The second-order valence-electron chi connectivity index (χ2n) is 8.02. The van der Waals surface area contributed by atoms with E-state index in [1.807, 2.05) is 13.8 Å². The topological polar surface area (TPSA) is 125 Å². The van der Waals surface area contributed by atoms with Crippen molar-refractivity contribution in [3.8, 4) is 0 Å². The normalized spacial score (nSPS) is 24.2. The van der Waals surface area contributed by atoms with E-state index in [1.54, 1.807) is 25.7 Å². The van der Waals surface area contributed by atoms with Crippen molar-refractivity contribution in [2.45, 2.75) is 64.2 Å². The molecule has 0 aromatic carbocycles. The third kappa shape index (κ3) is 7.87. The molecule has 0 radical (unpaired) electrons. The fourth-order valence-corrected chi connectivity index (χ4v) is 3.25. The van der Waals surface area contributed by atoms with Crippen LogP contribution in [0.5, 0.6) is 0 Å². The van der Waals surface area contributed by atoms with Crippen LogP contribution in [0.25, 0.3) is 0 Å². The minimum absolute atomic E-state index is 0.151. The first-order valence-electron chi connectivity index (χ1n) is 8.19. The molecule has 25 heavy (non-hydrogen) atoms. The van der Waals surface area contributed by atoms with Crippen LogP contribution in [0.1, 0.15) is 47.5 Å². The van der Waals surface area contributed by atoms with Crippen LogP contribution in [-0.4, -0.2) is 72.1 Å². The molecule has 3 N–H and O–H groups in total. The van der Waals surface area contributed by atoms with Gasteiger partial charge in [-0.3, -0.25) is 4.55 Å². The Morgan fingerprint density at radius 3 is 2.40 bits per heavy atom. The van der Waals surface area contributed by atoms with Gasteiger partial charge in [-0.25, -0.2) is 8.98 Å². The number of aliphatic hydroxyl groups is 1. The highest BCUT2D eigenvalue weighted by Gasteiger charge is 2.45. The van der Waals surface area contributed by atoms with Gasteiger partial charge in [-0.2, -0.15) is 8.42 Å². The maximum absolute atomic E-state index is 12.3. The van der Waals surface area contributed by atoms with E-state index in [0.717, 1.165) is 0 Å². The van der Waals surface area contributed by atoms with E-state index >= 15 is 0 Å². The molecule has 1 aliphatic rings. The van der Waals surface area contributed by atoms with Gasteiger partial charge in [0.1, 0.15) is 5.60 Å². The van der Waals surface area contributed by atoms with Crippen molar-refractivity contribution >= 4 is 16.5 Å². The monoisotopic (exact) mass is 382 g/mol. The summed E-state index contributed by atoms with van der Waals surface area (Å²) in [6.45, 7) is 9.62. The second kappa shape index (κ2) is 7.75. The highest BCUT2D eigenvalue weighted by molar-refractivity contribution is 7.80. The van der Waals surface area contributed by atoms with Gasteiger partial charge in [-0.1, -0.05) is 0 Å². The number of piperidine rings is 1. The molecule has 0 bridgehead atoms. The van der Waals surface area contributed by atoms with Gasteiger partial charge in [0.05, 0.1) is 12.2 Å². The lowest BCUT2D eigenvalue weighted by Crippen LogP contribution is -2.61. The molecule has 1 unspecified atom stereocenters. The average molecular weight is 382 g/mol. The van der Waals surface area contributed by atoms with E-state index in [2.05, 4.69) is 9.50 Å². The van der Waals surface area contributed by atoms with Crippen molar-refractivity contribution < 1.29 is 31.8 Å². The number of hydrogen-bond donors (Lipinski definition) is 3. The maximum atomic E-state index is 12.3. The van der Waals surface area contributed by atoms with Crippen LogP contribution in [0, 0.1) is 0 Å². The van der Waals surface area contributed by atoms with Gasteiger partial charge in [0, 0.05) is 31.6 Å². The van der Waals surface area contributed by atoms with E-state index in [9.17, 15) is 18.3 Å². The molecule has 10 heteroatoms. The first-order valence-corrected chi connectivity index (χ1v) is 9.56. The summed E-state index contributed by atoms with van der Waals surface area (Å²) in [5, 5.41) is 13.7. The first kappa shape index (κ1) is 22.1. The SMILES string of the molecule is CC(C)(C)OC(=O)N1CCC(O)(CNCCOS(=O)(=O)O)CC1(C)C. The number of rotatable bonds is 6. The molecule has 0 saturated carbocycles. The predicted molar refractivity (Wildman–Crippen MR) is 91.6 cm³/mol. The van der Waals surface area contributed by atoms with Gasteiger partial charge >= 0.3 is 16.5 Å². The predicted octanol–water partition coefficient (Wildman–Crippen LogP) is 0.936. The van der Waals surface area contributed by atoms with Crippen LogP contribution in [-0.2, 0) is 19.3 Å². The lowest BCUT2D eigenvalue weighted by Gasteiger charge is -2.49. The summed E-state index contributed by atoms with van der Waals surface area (Å²) in [6, 6.07) is 0. The summed E-state index contributed by atoms with van der Waals surface area (Å²) in [4.78, 5) is 14.0. The van der Waals surface area contributed by atoms with Crippen molar-refractivity contribution in [3.05, 3.63) is 0 Å². The largest absolute Gasteiger partial charge is 0.444 e. The third-order valence-electron chi connectivity index (χ3n) is 3.87. The number of amides is 1. The molecule has 1 aliphatic heterocycles. The molecule has 1 fully saturated rings. The van der Waals surface area contributed by atoms with Crippen LogP contribution in [0.15, 0.2) is 0 Å². The lowest BCUT2D eigenvalue weighted by molar-refractivity contribution is -0.0775. The number of carbonyl (C=O) groups excluding carboxylic acids is 1. The Bertz CT molecular complexity index is 571. The van der Waals surface area contributed by atoms with Crippen LogP contribution in [0.4, 0.5) is 4.79 Å². The zero-order valence-corrected chi connectivity index (χ0v) is 16.4. The number of carbonyl (C=O) groups is 1. The Hall–Kier alpha value is -0.940. The van der Waals surface area contributed by atoms with E-state index in [-0.39, 0.29) is 19.7 Å². The van der Waals surface area contributed by atoms with Crippen molar-refractivity contribution in [1.82, 2.24) is 10.2 Å². The molecular weight excluding hydrogens is 352 g/mol. The summed E-state index contributed by atoms with van der Waals surface area (Å²) in [7, 11) is -4.46. The summed E-state index contributed by atoms with van der Waals surface area (Å²) < 4.78 is 39.0. The van der Waals surface area contributed by atoms with Gasteiger partial charge in [-0.05, 0) is 41.0 Å². The quantitative estimate of drug-likeness (QED) is 0.458. The van der Waals surface area contributed by atoms with Crippen molar-refractivity contribution in [2.24, 2.45) is 0 Å². The number of hydrogen-bond acceptors (Lipinski definition) is 7. The fourth-order valence-electron chi connectivity index (χ4n) is 2.96. The van der Waals surface area contributed by atoms with E-state index in [1.165, 1.54) is 0 Å². The van der Waals surface area contributed by atoms with E-state index in [4.69, 9.17) is 9.29 Å². The van der Waals surface area contributed by atoms with Gasteiger partial charge in [0.15, 0.2) is 0 Å². The summed E-state index contributed by atoms with van der Waals surface area (Å²) in [5.41, 5.74) is -2.22. The molecule has 0 spiro atoms. The molecule has 1 atom stereocenters. The van der Waals surface area contributed by atoms with Gasteiger partial charge in [0.2, 0.25) is 0 Å². The van der Waals surface area contributed by atoms with Gasteiger partial charge < -0.3 is 20.1 Å². The number of ether oxygens (including phenoxy) is 1. The molecule has 1 amide bonds. The zero-order chi connectivity index (χ0) is 19.5. The molecule has 1 rings (SSSR count). The van der Waals surface area contributed by atoms with E-state index < -0.39 is 33.2 Å². The van der Waals surface area contributed by atoms with Gasteiger partial charge in [0.25, 0.3) is 0 Å². The summed E-state index contributed by atoms with van der Waals surface area (Å²) >= 11 is 0. The Morgan fingerprint density at radius 1 is 1.32 bits per heavy atom. The Morgan fingerprint density at radius 2 is 1.92 bits per heavy atom. The third-order valence-corrected chi connectivity index (χ3v) is 4.34. The molecule has 148 valence electrons. The molecule has 0 aliphatic carbocycles. The van der Waals surface area contributed by atoms with E-state index in [0.29, 0.717) is 19.4 Å². The molecule has 1 heterocycles. The smallest absolute Gasteiger partial charge is 0.410 e. The fraction of sp³-hybridized carbons (Fsp3) is 0.933. The van der Waals surface area contributed by atoms with Crippen LogP contribution in [0.3, 0.4) is 0 Å². The molecule has 0 aromatic rings. The molecular formula is C15H30N2O7S. The van der Waals surface area contributed by atoms with Crippen molar-refractivity contribution in [3.63, 3.8) is 0 Å². The van der Waals surface area contributed by atoms with Gasteiger partial charge in [-0.15, -0.1) is 0 Å². The number of likely N-dealkylation sites (tertiary alicyclic amines) is 1. The zero-order valence-electron chi connectivity index (χ0n) is 15.5. The van der Waals surface area contributed by atoms with Crippen LogP contribution in [0.2, 0.25) is 0 Å². The minimum atomic E-state index is -4.46. The Balaban J connectivity index is 2.55. The van der Waals surface area contributed by atoms with Crippen LogP contribution >= 0.6 is 0 Å². The molecule has 9 nitrogen and oxygen atoms in total. The Kier molecular flexibility index (Phi) is 6.85. The summed E-state index contributed by atoms with van der Waals surface area (Å²) in [6.07, 6.45) is 0.293. The molecule has 1 saturated heterocycles. The number of nitrogens with zero attached hydrogens (tertiary/aromatic N) is 1.